The number of amides is 2. The topological polar surface area (TPSA) is 78.4 Å². The number of carbonyl (C=O) groups is 2. The highest BCUT2D eigenvalue weighted by Crippen LogP contribution is 2.20. The summed E-state index contributed by atoms with van der Waals surface area (Å²) in [6.45, 7) is 4.06. The van der Waals surface area contributed by atoms with Gasteiger partial charge in [0.05, 0.1) is 6.54 Å². The Kier molecular flexibility index (Phi) is 7.09. The molecule has 3 N–H and O–H groups in total. The molecule has 0 saturated heterocycles. The number of nitrogens with one attached hydrogen (secondary N) is 2. The third-order valence-electron chi connectivity index (χ3n) is 3.31. The fraction of sp³-hybridized carbons (Fsp3) is 0.500. The molecule has 0 heterocycles. The summed E-state index contributed by atoms with van der Waals surface area (Å²) in [6, 6.07) is 2.46. The number of hydrogen-bond donors (Lipinski definition) is 3. The van der Waals surface area contributed by atoms with E-state index in [9.17, 15) is 18.4 Å². The number of benzene rings is 1. The van der Waals surface area contributed by atoms with E-state index >= 15 is 0 Å². The molecule has 0 unspecified atom stereocenters. The van der Waals surface area contributed by atoms with E-state index in [-0.39, 0.29) is 24.1 Å². The molecule has 1 aromatic rings. The van der Waals surface area contributed by atoms with Gasteiger partial charge in [-0.1, -0.05) is 13.8 Å². The van der Waals surface area contributed by atoms with Crippen molar-refractivity contribution in [3.05, 3.63) is 35.4 Å². The number of carbonyl (C=O) groups excluding carboxylic acids is 2. The highest BCUT2D eigenvalue weighted by molar-refractivity contribution is 5.96. The van der Waals surface area contributed by atoms with Gasteiger partial charge in [-0.2, -0.15) is 0 Å². The molecule has 0 aromatic heterocycles. The fourth-order valence-corrected chi connectivity index (χ4v) is 1.88. The molecule has 0 saturated carbocycles. The van der Waals surface area contributed by atoms with Gasteiger partial charge in [-0.15, -0.1) is 0 Å². The first kappa shape index (κ1) is 19.0. The smallest absolute Gasteiger partial charge is 0.251 e. The van der Waals surface area contributed by atoms with Gasteiger partial charge in [-0.3, -0.25) is 9.59 Å². The zero-order valence-electron chi connectivity index (χ0n) is 13.3. The van der Waals surface area contributed by atoms with Crippen molar-refractivity contribution in [2.75, 3.05) is 19.7 Å². The maximum atomic E-state index is 13.0. The monoisotopic (exact) mass is 328 g/mol. The molecule has 0 bridgehead atoms. The summed E-state index contributed by atoms with van der Waals surface area (Å²) in [4.78, 5) is 23.3. The lowest BCUT2D eigenvalue weighted by atomic mass is 9.89. The summed E-state index contributed by atoms with van der Waals surface area (Å²) in [5.74, 6) is -2.82. The maximum Gasteiger partial charge on any atom is 0.251 e. The number of halogens is 2. The van der Waals surface area contributed by atoms with Crippen LogP contribution >= 0.6 is 0 Å². The Balaban J connectivity index is 2.31. The molecule has 0 fully saturated rings. The maximum absolute atomic E-state index is 13.0. The Hall–Kier alpha value is -2.02. The molecule has 1 rings (SSSR count). The standard InChI is InChI=1S/C16H22F2N2O3/c1-16(2,10-21)4-3-5-19-14(22)9-20-15(23)11-6-12(17)8-13(18)7-11/h6-8,21H,3-5,9-10H2,1-2H3,(H,19,22)(H,20,23). The first-order valence-electron chi connectivity index (χ1n) is 7.35. The predicted molar refractivity (Wildman–Crippen MR) is 81.8 cm³/mol. The Bertz CT molecular complexity index is 542. The second-order valence-corrected chi connectivity index (χ2v) is 6.12. The van der Waals surface area contributed by atoms with E-state index in [4.69, 9.17) is 5.11 Å². The van der Waals surface area contributed by atoms with Crippen LogP contribution in [-0.2, 0) is 4.79 Å². The van der Waals surface area contributed by atoms with Crippen LogP contribution in [0.4, 0.5) is 8.78 Å². The third-order valence-corrected chi connectivity index (χ3v) is 3.31. The van der Waals surface area contributed by atoms with E-state index in [1.165, 1.54) is 0 Å². The third kappa shape index (κ3) is 7.19. The molecule has 5 nitrogen and oxygen atoms in total. The fourth-order valence-electron chi connectivity index (χ4n) is 1.88. The summed E-state index contributed by atoms with van der Waals surface area (Å²) in [6.07, 6.45) is 1.45. The van der Waals surface area contributed by atoms with E-state index in [1.807, 2.05) is 13.8 Å². The quantitative estimate of drug-likeness (QED) is 0.635. The van der Waals surface area contributed by atoms with Crippen molar-refractivity contribution < 1.29 is 23.5 Å². The summed E-state index contributed by atoms with van der Waals surface area (Å²) in [5.41, 5.74) is -0.375. The van der Waals surface area contributed by atoms with Crippen molar-refractivity contribution in [2.24, 2.45) is 5.41 Å². The normalized spacial score (nSPS) is 11.2. The van der Waals surface area contributed by atoms with Gasteiger partial charge in [0.15, 0.2) is 0 Å². The minimum absolute atomic E-state index is 0.0706. The molecule has 1 aromatic carbocycles. The summed E-state index contributed by atoms with van der Waals surface area (Å²) in [7, 11) is 0. The van der Waals surface area contributed by atoms with Crippen molar-refractivity contribution in [3.63, 3.8) is 0 Å². The molecule has 0 aliphatic carbocycles. The van der Waals surface area contributed by atoms with Crippen LogP contribution in [0, 0.1) is 17.0 Å². The average Bonchev–Trinajstić information content (AvgIpc) is 2.48. The van der Waals surface area contributed by atoms with E-state index in [1.54, 1.807) is 0 Å². The minimum Gasteiger partial charge on any atom is -0.396 e. The molecule has 0 spiro atoms. The van der Waals surface area contributed by atoms with Crippen molar-refractivity contribution >= 4 is 11.8 Å². The number of rotatable bonds is 8. The van der Waals surface area contributed by atoms with Crippen LogP contribution < -0.4 is 10.6 Å². The molecular weight excluding hydrogens is 306 g/mol. The van der Waals surface area contributed by atoms with Crippen LogP contribution in [0.5, 0.6) is 0 Å². The van der Waals surface area contributed by atoms with Crippen LogP contribution in [0.15, 0.2) is 18.2 Å². The van der Waals surface area contributed by atoms with Gasteiger partial charge in [0, 0.05) is 24.8 Å². The molecule has 7 heteroatoms. The molecular formula is C16H22F2N2O3. The SMILES string of the molecule is CC(C)(CO)CCCNC(=O)CNC(=O)c1cc(F)cc(F)c1. The molecule has 0 atom stereocenters. The van der Waals surface area contributed by atoms with Gasteiger partial charge < -0.3 is 15.7 Å². The molecule has 128 valence electrons. The van der Waals surface area contributed by atoms with Gasteiger partial charge in [0.2, 0.25) is 5.91 Å². The molecule has 0 aliphatic heterocycles. The predicted octanol–water partition coefficient (Wildman–Crippen LogP) is 1.61. The van der Waals surface area contributed by atoms with Crippen molar-refractivity contribution in [1.82, 2.24) is 10.6 Å². The highest BCUT2D eigenvalue weighted by atomic mass is 19.1. The van der Waals surface area contributed by atoms with E-state index in [0.717, 1.165) is 18.6 Å². The number of aliphatic hydroxyl groups excluding tert-OH is 1. The van der Waals surface area contributed by atoms with Gasteiger partial charge >= 0.3 is 0 Å². The van der Waals surface area contributed by atoms with Crippen molar-refractivity contribution in [3.8, 4) is 0 Å². The van der Waals surface area contributed by atoms with Crippen molar-refractivity contribution in [1.29, 1.82) is 0 Å². The second kappa shape index (κ2) is 8.57. The zero-order valence-corrected chi connectivity index (χ0v) is 13.3. The van der Waals surface area contributed by atoms with Crippen LogP contribution in [0.25, 0.3) is 0 Å². The second-order valence-electron chi connectivity index (χ2n) is 6.12. The van der Waals surface area contributed by atoms with Crippen LogP contribution in [0.3, 0.4) is 0 Å². The van der Waals surface area contributed by atoms with Gasteiger partial charge in [0.25, 0.3) is 5.91 Å². The minimum atomic E-state index is -0.855. The molecule has 0 radical (unpaired) electrons. The van der Waals surface area contributed by atoms with Crippen LogP contribution in [0.1, 0.15) is 37.0 Å². The zero-order chi connectivity index (χ0) is 17.5. The molecule has 0 aliphatic rings. The Morgan fingerprint density at radius 3 is 2.30 bits per heavy atom. The van der Waals surface area contributed by atoms with Crippen molar-refractivity contribution in [2.45, 2.75) is 26.7 Å². The largest absolute Gasteiger partial charge is 0.396 e. The van der Waals surface area contributed by atoms with E-state index < -0.39 is 23.4 Å². The lowest BCUT2D eigenvalue weighted by molar-refractivity contribution is -0.120. The lowest BCUT2D eigenvalue weighted by Crippen LogP contribution is -2.37. The molecule has 23 heavy (non-hydrogen) atoms. The Morgan fingerprint density at radius 2 is 1.74 bits per heavy atom. The first-order chi connectivity index (χ1) is 10.7. The van der Waals surface area contributed by atoms with Crippen LogP contribution in [-0.4, -0.2) is 36.6 Å². The summed E-state index contributed by atoms with van der Waals surface area (Å²) >= 11 is 0. The van der Waals surface area contributed by atoms with Gasteiger partial charge in [-0.25, -0.2) is 8.78 Å². The average molecular weight is 328 g/mol. The Morgan fingerprint density at radius 1 is 1.13 bits per heavy atom. The Labute approximate surface area is 134 Å². The lowest BCUT2D eigenvalue weighted by Gasteiger charge is -2.21. The van der Waals surface area contributed by atoms with Gasteiger partial charge in [-0.05, 0) is 30.4 Å². The molecule has 2 amide bonds. The number of hydrogen-bond acceptors (Lipinski definition) is 3. The summed E-state index contributed by atoms with van der Waals surface area (Å²) in [5, 5.41) is 14.0. The van der Waals surface area contributed by atoms with E-state index in [0.29, 0.717) is 19.0 Å². The van der Waals surface area contributed by atoms with Gasteiger partial charge in [0.1, 0.15) is 11.6 Å². The highest BCUT2D eigenvalue weighted by Gasteiger charge is 2.15. The first-order valence-corrected chi connectivity index (χ1v) is 7.35. The van der Waals surface area contributed by atoms with Crippen LogP contribution in [0.2, 0.25) is 0 Å². The van der Waals surface area contributed by atoms with E-state index in [2.05, 4.69) is 10.6 Å². The number of aliphatic hydroxyl groups is 1. The summed E-state index contributed by atoms with van der Waals surface area (Å²) < 4.78 is 26.0.